The SMILES string of the molecule is N=C(N)c1cccc(OCCNC(=O)c2ccc(C(F)(F)F)cc2)c1. The molecule has 0 bridgehead atoms. The summed E-state index contributed by atoms with van der Waals surface area (Å²) in [5.74, 6) is -0.0765. The number of nitrogens with two attached hydrogens (primary N) is 1. The number of carbonyl (C=O) groups excluding carboxylic acids is 1. The fourth-order valence-corrected chi connectivity index (χ4v) is 2.00. The Kier molecular flexibility index (Phi) is 5.63. The van der Waals surface area contributed by atoms with Crippen LogP contribution in [0.15, 0.2) is 48.5 Å². The molecule has 2 rings (SSSR count). The molecule has 132 valence electrons. The molecular weight excluding hydrogens is 335 g/mol. The summed E-state index contributed by atoms with van der Waals surface area (Å²) in [7, 11) is 0. The average Bonchev–Trinajstić information content (AvgIpc) is 2.58. The molecule has 25 heavy (non-hydrogen) atoms. The van der Waals surface area contributed by atoms with Crippen molar-refractivity contribution in [2.45, 2.75) is 6.18 Å². The third-order valence-electron chi connectivity index (χ3n) is 3.28. The molecule has 4 N–H and O–H groups in total. The number of amidine groups is 1. The lowest BCUT2D eigenvalue weighted by Crippen LogP contribution is -2.28. The van der Waals surface area contributed by atoms with Gasteiger partial charge in [0.05, 0.1) is 12.1 Å². The predicted molar refractivity (Wildman–Crippen MR) is 86.7 cm³/mol. The van der Waals surface area contributed by atoms with Crippen molar-refractivity contribution in [3.05, 3.63) is 65.2 Å². The Bertz CT molecular complexity index is 758. The number of alkyl halides is 3. The summed E-state index contributed by atoms with van der Waals surface area (Å²) in [6, 6.07) is 10.6. The van der Waals surface area contributed by atoms with Crippen LogP contribution in [-0.2, 0) is 6.18 Å². The third kappa shape index (κ3) is 5.23. The van der Waals surface area contributed by atoms with Crippen molar-refractivity contribution in [1.82, 2.24) is 5.32 Å². The van der Waals surface area contributed by atoms with E-state index in [-0.39, 0.29) is 24.6 Å². The number of nitrogen functional groups attached to an aromatic ring is 1. The minimum absolute atomic E-state index is 0.0824. The fraction of sp³-hybridized carbons (Fsp3) is 0.176. The highest BCUT2D eigenvalue weighted by Crippen LogP contribution is 2.29. The maximum absolute atomic E-state index is 12.5. The second-order valence-corrected chi connectivity index (χ2v) is 5.12. The first-order valence-electron chi connectivity index (χ1n) is 7.30. The van der Waals surface area contributed by atoms with Crippen LogP contribution in [0.25, 0.3) is 0 Å². The van der Waals surface area contributed by atoms with Crippen LogP contribution >= 0.6 is 0 Å². The number of nitrogens with one attached hydrogen (secondary N) is 2. The molecule has 0 heterocycles. The van der Waals surface area contributed by atoms with Crippen LogP contribution in [0.4, 0.5) is 13.2 Å². The Balaban J connectivity index is 1.82. The number of ether oxygens (including phenoxy) is 1. The van der Waals surface area contributed by atoms with Gasteiger partial charge in [-0.1, -0.05) is 12.1 Å². The highest BCUT2D eigenvalue weighted by atomic mass is 19.4. The van der Waals surface area contributed by atoms with Crippen LogP contribution < -0.4 is 15.8 Å². The molecule has 0 aliphatic rings. The number of carbonyl (C=O) groups is 1. The van der Waals surface area contributed by atoms with Crippen molar-refractivity contribution in [1.29, 1.82) is 5.41 Å². The second kappa shape index (κ2) is 7.69. The molecule has 0 aliphatic carbocycles. The molecule has 0 atom stereocenters. The molecule has 2 aromatic carbocycles. The number of amides is 1. The topological polar surface area (TPSA) is 88.2 Å². The number of rotatable bonds is 6. The Hall–Kier alpha value is -3.03. The first kappa shape index (κ1) is 18.3. The summed E-state index contributed by atoms with van der Waals surface area (Å²) < 4.78 is 42.8. The smallest absolute Gasteiger partial charge is 0.416 e. The molecule has 0 saturated heterocycles. The zero-order valence-electron chi connectivity index (χ0n) is 13.1. The van der Waals surface area contributed by atoms with Crippen molar-refractivity contribution in [3.63, 3.8) is 0 Å². The molecule has 0 radical (unpaired) electrons. The van der Waals surface area contributed by atoms with E-state index in [0.29, 0.717) is 11.3 Å². The standard InChI is InChI=1S/C17H16F3N3O2/c18-17(19,20)13-6-4-11(5-7-13)16(24)23-8-9-25-14-3-1-2-12(10-14)15(21)22/h1-7,10H,8-9H2,(H3,21,22)(H,23,24). The van der Waals surface area contributed by atoms with Gasteiger partial charge in [0.1, 0.15) is 18.2 Å². The average molecular weight is 351 g/mol. The molecular formula is C17H16F3N3O2. The molecule has 8 heteroatoms. The van der Waals surface area contributed by atoms with E-state index in [2.05, 4.69) is 5.32 Å². The molecule has 0 fully saturated rings. The Morgan fingerprint density at radius 2 is 1.80 bits per heavy atom. The van der Waals surface area contributed by atoms with Crippen LogP contribution in [-0.4, -0.2) is 24.9 Å². The van der Waals surface area contributed by atoms with E-state index in [1.807, 2.05) is 0 Å². The minimum atomic E-state index is -4.43. The van der Waals surface area contributed by atoms with Gasteiger partial charge in [-0.05, 0) is 36.4 Å². The second-order valence-electron chi connectivity index (χ2n) is 5.12. The molecule has 0 unspecified atom stereocenters. The van der Waals surface area contributed by atoms with Crippen molar-refractivity contribution in [2.75, 3.05) is 13.2 Å². The van der Waals surface area contributed by atoms with Gasteiger partial charge < -0.3 is 15.8 Å². The maximum Gasteiger partial charge on any atom is 0.416 e. The van der Waals surface area contributed by atoms with E-state index in [4.69, 9.17) is 15.9 Å². The number of hydrogen-bond donors (Lipinski definition) is 3. The van der Waals surface area contributed by atoms with Crippen LogP contribution in [0.3, 0.4) is 0 Å². The summed E-state index contributed by atoms with van der Waals surface area (Å²) in [6.07, 6.45) is -4.43. The number of halogens is 3. The molecule has 1 amide bonds. The van der Waals surface area contributed by atoms with Gasteiger partial charge in [0.25, 0.3) is 5.91 Å². The Morgan fingerprint density at radius 3 is 2.40 bits per heavy atom. The van der Waals surface area contributed by atoms with Crippen LogP contribution in [0.2, 0.25) is 0 Å². The van der Waals surface area contributed by atoms with Crippen molar-refractivity contribution in [2.24, 2.45) is 5.73 Å². The van der Waals surface area contributed by atoms with E-state index in [1.54, 1.807) is 24.3 Å². The molecule has 2 aromatic rings. The van der Waals surface area contributed by atoms with Crippen molar-refractivity contribution < 1.29 is 22.7 Å². The van der Waals surface area contributed by atoms with Crippen molar-refractivity contribution in [3.8, 4) is 5.75 Å². The van der Waals surface area contributed by atoms with Gasteiger partial charge in [0.15, 0.2) is 0 Å². The van der Waals surface area contributed by atoms with Crippen LogP contribution in [0, 0.1) is 5.41 Å². The molecule has 5 nitrogen and oxygen atoms in total. The lowest BCUT2D eigenvalue weighted by Gasteiger charge is -2.10. The van der Waals surface area contributed by atoms with Gasteiger partial charge in [-0.25, -0.2) is 0 Å². The number of hydrogen-bond acceptors (Lipinski definition) is 3. The van der Waals surface area contributed by atoms with Gasteiger partial charge >= 0.3 is 6.18 Å². The molecule has 0 aromatic heterocycles. The fourth-order valence-electron chi connectivity index (χ4n) is 2.00. The summed E-state index contributed by atoms with van der Waals surface area (Å²) >= 11 is 0. The highest BCUT2D eigenvalue weighted by molar-refractivity contribution is 5.95. The third-order valence-corrected chi connectivity index (χ3v) is 3.28. The van der Waals surface area contributed by atoms with E-state index in [9.17, 15) is 18.0 Å². The van der Waals surface area contributed by atoms with E-state index in [0.717, 1.165) is 24.3 Å². The van der Waals surface area contributed by atoms with E-state index < -0.39 is 17.6 Å². The summed E-state index contributed by atoms with van der Waals surface area (Å²) in [6.45, 7) is 0.331. The maximum atomic E-state index is 12.5. The van der Waals surface area contributed by atoms with Gasteiger partial charge in [0.2, 0.25) is 0 Å². The van der Waals surface area contributed by atoms with Gasteiger partial charge in [0, 0.05) is 11.1 Å². The number of benzene rings is 2. The first-order valence-corrected chi connectivity index (χ1v) is 7.30. The summed E-state index contributed by atoms with van der Waals surface area (Å²) in [5, 5.41) is 9.90. The first-order chi connectivity index (χ1) is 11.8. The lowest BCUT2D eigenvalue weighted by atomic mass is 10.1. The quantitative estimate of drug-likeness (QED) is 0.425. The molecule has 0 spiro atoms. The predicted octanol–water partition coefficient (Wildman–Crippen LogP) is 2.80. The summed E-state index contributed by atoms with van der Waals surface area (Å²) in [5.41, 5.74) is 5.22. The normalized spacial score (nSPS) is 11.0. The van der Waals surface area contributed by atoms with Gasteiger partial charge in [-0.2, -0.15) is 13.2 Å². The van der Waals surface area contributed by atoms with Gasteiger partial charge in [-0.3, -0.25) is 10.2 Å². The zero-order chi connectivity index (χ0) is 18.4. The zero-order valence-corrected chi connectivity index (χ0v) is 13.1. The minimum Gasteiger partial charge on any atom is -0.492 e. The monoisotopic (exact) mass is 351 g/mol. The van der Waals surface area contributed by atoms with Crippen molar-refractivity contribution >= 4 is 11.7 Å². The van der Waals surface area contributed by atoms with E-state index >= 15 is 0 Å². The van der Waals surface area contributed by atoms with Crippen LogP contribution in [0.1, 0.15) is 21.5 Å². The van der Waals surface area contributed by atoms with Crippen LogP contribution in [0.5, 0.6) is 5.75 Å². The Morgan fingerprint density at radius 1 is 1.12 bits per heavy atom. The molecule has 0 aliphatic heterocycles. The Labute approximate surface area is 142 Å². The van der Waals surface area contributed by atoms with E-state index in [1.165, 1.54) is 0 Å². The molecule has 0 saturated carbocycles. The highest BCUT2D eigenvalue weighted by Gasteiger charge is 2.30. The van der Waals surface area contributed by atoms with Gasteiger partial charge in [-0.15, -0.1) is 0 Å². The largest absolute Gasteiger partial charge is 0.492 e. The lowest BCUT2D eigenvalue weighted by molar-refractivity contribution is -0.137. The summed E-state index contributed by atoms with van der Waals surface area (Å²) in [4.78, 5) is 11.9.